The Balaban J connectivity index is 1.72. The van der Waals surface area contributed by atoms with Gasteiger partial charge >= 0.3 is 6.09 Å². The van der Waals surface area contributed by atoms with E-state index in [4.69, 9.17) is 9.47 Å². The lowest BCUT2D eigenvalue weighted by Gasteiger charge is -2.32. The predicted molar refractivity (Wildman–Crippen MR) is 73.1 cm³/mol. The highest BCUT2D eigenvalue weighted by Gasteiger charge is 2.40. The Morgan fingerprint density at radius 2 is 2.11 bits per heavy atom. The molecule has 2 fully saturated rings. The van der Waals surface area contributed by atoms with Gasteiger partial charge in [0.2, 0.25) is 0 Å². The van der Waals surface area contributed by atoms with Gasteiger partial charge in [0, 0.05) is 6.54 Å². The minimum atomic E-state index is -0.448. The topological polar surface area (TPSA) is 59.6 Å². The third-order valence-electron chi connectivity index (χ3n) is 3.82. The second-order valence-corrected chi connectivity index (χ2v) is 6.77. The van der Waals surface area contributed by atoms with Gasteiger partial charge in [-0.15, -0.1) is 0 Å². The molecule has 2 N–H and O–H groups in total. The summed E-state index contributed by atoms with van der Waals surface area (Å²) in [4.78, 5) is 11.6. The molecule has 1 atom stereocenters. The number of piperidine rings is 1. The van der Waals surface area contributed by atoms with Crippen LogP contribution in [0.3, 0.4) is 0 Å². The lowest BCUT2D eigenvalue weighted by molar-refractivity contribution is 0.0459. The van der Waals surface area contributed by atoms with Crippen LogP contribution in [0.2, 0.25) is 0 Å². The summed E-state index contributed by atoms with van der Waals surface area (Å²) in [5.74, 6) is 0. The van der Waals surface area contributed by atoms with Crippen LogP contribution in [0.5, 0.6) is 0 Å². The molecule has 0 aliphatic carbocycles. The van der Waals surface area contributed by atoms with Crippen molar-refractivity contribution in [3.05, 3.63) is 0 Å². The maximum absolute atomic E-state index is 11.6. The molecule has 2 saturated heterocycles. The Bertz CT molecular complexity index is 319. The van der Waals surface area contributed by atoms with Gasteiger partial charge in [0.25, 0.3) is 0 Å². The van der Waals surface area contributed by atoms with Crippen molar-refractivity contribution in [2.24, 2.45) is 5.41 Å². The highest BCUT2D eigenvalue weighted by molar-refractivity contribution is 5.67. The van der Waals surface area contributed by atoms with E-state index in [-0.39, 0.29) is 12.2 Å². The zero-order valence-electron chi connectivity index (χ0n) is 12.3. The van der Waals surface area contributed by atoms with Gasteiger partial charge in [0.1, 0.15) is 5.60 Å². The molecule has 1 unspecified atom stereocenters. The highest BCUT2D eigenvalue weighted by atomic mass is 16.6. The van der Waals surface area contributed by atoms with Gasteiger partial charge in [-0.1, -0.05) is 0 Å². The van der Waals surface area contributed by atoms with Crippen LogP contribution in [0.15, 0.2) is 0 Å². The number of hydrogen-bond donors (Lipinski definition) is 2. The Morgan fingerprint density at radius 1 is 1.42 bits per heavy atom. The van der Waals surface area contributed by atoms with Crippen LogP contribution >= 0.6 is 0 Å². The molecular formula is C14H26N2O3. The molecule has 0 bridgehead atoms. The Morgan fingerprint density at radius 3 is 2.74 bits per heavy atom. The third kappa shape index (κ3) is 4.35. The number of nitrogens with one attached hydrogen (secondary N) is 2. The molecule has 0 aromatic carbocycles. The number of carbonyl (C=O) groups is 1. The SMILES string of the molecule is CC(C)(C)OC(=O)NCC1CC2(CCNCC2)CO1. The van der Waals surface area contributed by atoms with E-state index < -0.39 is 5.60 Å². The largest absolute Gasteiger partial charge is 0.444 e. The van der Waals surface area contributed by atoms with Crippen molar-refractivity contribution < 1.29 is 14.3 Å². The van der Waals surface area contributed by atoms with Gasteiger partial charge in [-0.3, -0.25) is 0 Å². The summed E-state index contributed by atoms with van der Waals surface area (Å²) < 4.78 is 11.0. The molecule has 2 aliphatic heterocycles. The summed E-state index contributed by atoms with van der Waals surface area (Å²) in [7, 11) is 0. The van der Waals surface area contributed by atoms with Crippen molar-refractivity contribution in [3.8, 4) is 0 Å². The summed E-state index contributed by atoms with van der Waals surface area (Å²) >= 11 is 0. The molecule has 19 heavy (non-hydrogen) atoms. The van der Waals surface area contributed by atoms with Crippen molar-refractivity contribution in [3.63, 3.8) is 0 Å². The molecule has 0 saturated carbocycles. The smallest absolute Gasteiger partial charge is 0.407 e. The van der Waals surface area contributed by atoms with Gasteiger partial charge in [0.05, 0.1) is 12.7 Å². The standard InChI is InChI=1S/C14H26N2O3/c1-13(2,3)19-12(17)16-9-11-8-14(10-18-11)4-6-15-7-5-14/h11,15H,4-10H2,1-3H3,(H,16,17). The van der Waals surface area contributed by atoms with E-state index in [0.29, 0.717) is 12.0 Å². The maximum atomic E-state index is 11.6. The highest BCUT2D eigenvalue weighted by Crippen LogP contribution is 2.40. The van der Waals surface area contributed by atoms with Crippen LogP contribution in [-0.2, 0) is 9.47 Å². The molecule has 110 valence electrons. The molecule has 0 aromatic rings. The van der Waals surface area contributed by atoms with Crippen molar-refractivity contribution in [1.82, 2.24) is 10.6 Å². The Kier molecular flexibility index (Phi) is 4.36. The maximum Gasteiger partial charge on any atom is 0.407 e. The van der Waals surface area contributed by atoms with Crippen molar-refractivity contribution in [2.45, 2.75) is 51.7 Å². The number of hydrogen-bond acceptors (Lipinski definition) is 4. The van der Waals surface area contributed by atoms with Crippen LogP contribution in [0, 0.1) is 5.41 Å². The molecule has 5 heteroatoms. The molecule has 2 aliphatic rings. The van der Waals surface area contributed by atoms with E-state index in [9.17, 15) is 4.79 Å². The first-order valence-corrected chi connectivity index (χ1v) is 7.18. The zero-order valence-corrected chi connectivity index (χ0v) is 12.3. The first-order chi connectivity index (χ1) is 8.89. The molecule has 0 aromatic heterocycles. The number of ether oxygens (including phenoxy) is 2. The molecule has 0 radical (unpaired) electrons. The number of amides is 1. The van der Waals surface area contributed by atoms with E-state index in [2.05, 4.69) is 10.6 Å². The number of carbonyl (C=O) groups excluding carboxylic acids is 1. The van der Waals surface area contributed by atoms with E-state index in [1.54, 1.807) is 0 Å². The lowest BCUT2D eigenvalue weighted by atomic mass is 9.77. The van der Waals surface area contributed by atoms with Crippen LogP contribution < -0.4 is 10.6 Å². The molecule has 2 heterocycles. The molecule has 2 rings (SSSR count). The van der Waals surface area contributed by atoms with Gasteiger partial charge in [-0.25, -0.2) is 4.79 Å². The number of rotatable bonds is 2. The summed E-state index contributed by atoms with van der Waals surface area (Å²) in [5.41, 5.74) is -0.109. The van der Waals surface area contributed by atoms with E-state index >= 15 is 0 Å². The summed E-state index contributed by atoms with van der Waals surface area (Å²) in [6.45, 7) is 9.12. The average molecular weight is 270 g/mol. The van der Waals surface area contributed by atoms with E-state index in [1.165, 1.54) is 12.8 Å². The van der Waals surface area contributed by atoms with Gasteiger partial charge in [-0.2, -0.15) is 0 Å². The van der Waals surface area contributed by atoms with Crippen molar-refractivity contribution >= 4 is 6.09 Å². The quantitative estimate of drug-likeness (QED) is 0.801. The molecule has 1 spiro atoms. The van der Waals surface area contributed by atoms with Crippen LogP contribution in [-0.4, -0.2) is 44.0 Å². The van der Waals surface area contributed by atoms with Gasteiger partial charge < -0.3 is 20.1 Å². The summed E-state index contributed by atoms with van der Waals surface area (Å²) in [5, 5.41) is 6.18. The van der Waals surface area contributed by atoms with Crippen molar-refractivity contribution in [2.75, 3.05) is 26.2 Å². The van der Waals surface area contributed by atoms with Crippen LogP contribution in [0.4, 0.5) is 4.79 Å². The summed E-state index contributed by atoms with van der Waals surface area (Å²) in [6.07, 6.45) is 3.17. The van der Waals surface area contributed by atoms with Gasteiger partial charge in [0.15, 0.2) is 0 Å². The average Bonchev–Trinajstić information content (AvgIpc) is 2.69. The number of alkyl carbamates (subject to hydrolysis) is 1. The van der Waals surface area contributed by atoms with E-state index in [1.807, 2.05) is 20.8 Å². The molecular weight excluding hydrogens is 244 g/mol. The second kappa shape index (κ2) is 5.67. The molecule has 1 amide bonds. The third-order valence-corrected chi connectivity index (χ3v) is 3.82. The van der Waals surface area contributed by atoms with E-state index in [0.717, 1.165) is 26.1 Å². The fraction of sp³-hybridized carbons (Fsp3) is 0.929. The Hall–Kier alpha value is -0.810. The van der Waals surface area contributed by atoms with Crippen LogP contribution in [0.1, 0.15) is 40.0 Å². The lowest BCUT2D eigenvalue weighted by Crippen LogP contribution is -2.38. The first kappa shape index (κ1) is 14.6. The second-order valence-electron chi connectivity index (χ2n) is 6.77. The fourth-order valence-corrected chi connectivity index (χ4v) is 2.84. The van der Waals surface area contributed by atoms with Crippen LogP contribution in [0.25, 0.3) is 0 Å². The fourth-order valence-electron chi connectivity index (χ4n) is 2.84. The molecule has 5 nitrogen and oxygen atoms in total. The normalized spacial score (nSPS) is 26.4. The predicted octanol–water partition coefficient (Wildman–Crippen LogP) is 1.67. The minimum absolute atomic E-state index is 0.130. The first-order valence-electron chi connectivity index (χ1n) is 7.18. The Labute approximate surface area is 115 Å². The zero-order chi connectivity index (χ0) is 13.9. The van der Waals surface area contributed by atoms with Gasteiger partial charge in [-0.05, 0) is 58.5 Å². The summed E-state index contributed by atoms with van der Waals surface area (Å²) in [6, 6.07) is 0. The van der Waals surface area contributed by atoms with Crippen molar-refractivity contribution in [1.29, 1.82) is 0 Å². The minimum Gasteiger partial charge on any atom is -0.444 e. The monoisotopic (exact) mass is 270 g/mol.